The van der Waals surface area contributed by atoms with Crippen LogP contribution >= 0.6 is 90.4 Å². The predicted molar refractivity (Wildman–Crippen MR) is 144 cm³/mol. The second kappa shape index (κ2) is 8.11. The van der Waals surface area contributed by atoms with Crippen LogP contribution in [0.4, 0.5) is 0 Å². The molecule has 2 aromatic rings. The van der Waals surface area contributed by atoms with Crippen LogP contribution in [-0.2, 0) is 0 Å². The van der Waals surface area contributed by atoms with Crippen LogP contribution in [0.15, 0.2) is 45.6 Å². The molecule has 9 heteroatoms. The SMILES string of the molecule is O=C(O)c1ccccc1-c1c2cc(I)c(=O)c(I)c-2oc2c(I)c(O)c(I)cc12. The minimum Gasteiger partial charge on any atom is -0.506 e. The molecule has 0 spiro atoms. The topological polar surface area (TPSA) is 87.7 Å². The van der Waals surface area contributed by atoms with E-state index in [1.807, 2.05) is 90.4 Å². The summed E-state index contributed by atoms with van der Waals surface area (Å²) >= 11 is 7.96. The highest BCUT2D eigenvalue weighted by atomic mass is 127. The zero-order valence-electron chi connectivity index (χ0n) is 14.1. The number of halogens is 4. The minimum atomic E-state index is -1.05. The average Bonchev–Trinajstić information content (AvgIpc) is 2.69. The number of hydrogen-bond acceptors (Lipinski definition) is 4. The molecule has 0 aromatic heterocycles. The molecule has 0 unspecified atom stereocenters. The summed E-state index contributed by atoms with van der Waals surface area (Å²) in [5.41, 5.74) is 2.24. The Morgan fingerprint density at radius 1 is 0.931 bits per heavy atom. The smallest absolute Gasteiger partial charge is 0.336 e. The molecule has 0 amide bonds. The van der Waals surface area contributed by atoms with E-state index in [0.29, 0.717) is 47.7 Å². The van der Waals surface area contributed by atoms with Crippen LogP contribution < -0.4 is 5.43 Å². The van der Waals surface area contributed by atoms with E-state index in [9.17, 15) is 19.8 Å². The zero-order chi connectivity index (χ0) is 21.0. The first-order chi connectivity index (χ1) is 13.7. The third-order valence-corrected chi connectivity index (χ3v) is 8.05. The summed E-state index contributed by atoms with van der Waals surface area (Å²) < 4.78 is 8.16. The maximum absolute atomic E-state index is 12.5. The number of carboxylic acids is 1. The van der Waals surface area contributed by atoms with Gasteiger partial charge < -0.3 is 14.6 Å². The number of aromatic carboxylic acids is 1. The maximum Gasteiger partial charge on any atom is 0.336 e. The van der Waals surface area contributed by atoms with E-state index in [1.54, 1.807) is 36.4 Å². The number of phenolic OH excluding ortho intramolecular Hbond substituents is 1. The van der Waals surface area contributed by atoms with Crippen molar-refractivity contribution in [1.82, 2.24) is 0 Å². The van der Waals surface area contributed by atoms with Gasteiger partial charge in [-0.15, -0.1) is 0 Å². The summed E-state index contributed by atoms with van der Waals surface area (Å²) in [4.78, 5) is 24.4. The molecule has 0 saturated carbocycles. The van der Waals surface area contributed by atoms with Gasteiger partial charge in [0.05, 0.1) is 16.3 Å². The van der Waals surface area contributed by atoms with Crippen molar-refractivity contribution in [2.24, 2.45) is 0 Å². The first kappa shape index (κ1) is 21.5. The van der Waals surface area contributed by atoms with Crippen molar-refractivity contribution in [3.63, 3.8) is 0 Å². The Morgan fingerprint density at radius 2 is 1.62 bits per heavy atom. The van der Waals surface area contributed by atoms with Crippen LogP contribution in [0, 0.1) is 14.3 Å². The standard InChI is InChI=1S/C20H8I4O5/c21-11-5-9-13(7-3-1-2-4-8(7)20(27)28)10-6-12(22)17(26)15(24)19(10)29-18(9)14(23)16(11)25/h1-6,25H,(H,27,28). The lowest BCUT2D eigenvalue weighted by Crippen LogP contribution is -2.12. The highest BCUT2D eigenvalue weighted by Crippen LogP contribution is 2.46. The quantitative estimate of drug-likeness (QED) is 0.181. The molecular weight excluding hydrogens is 828 g/mol. The molecule has 1 heterocycles. The first-order valence-corrected chi connectivity index (χ1v) is 12.3. The van der Waals surface area contributed by atoms with E-state index in [0.717, 1.165) is 0 Å². The van der Waals surface area contributed by atoms with Gasteiger partial charge >= 0.3 is 5.97 Å². The molecule has 0 atom stereocenters. The van der Waals surface area contributed by atoms with Crippen molar-refractivity contribution in [3.8, 4) is 28.2 Å². The fourth-order valence-electron chi connectivity index (χ4n) is 3.17. The number of carboxylic acid groups (broad SMARTS) is 1. The van der Waals surface area contributed by atoms with Gasteiger partial charge in [-0.05, 0) is 114 Å². The van der Waals surface area contributed by atoms with Crippen molar-refractivity contribution in [3.05, 3.63) is 66.5 Å². The van der Waals surface area contributed by atoms with Crippen LogP contribution in [0.1, 0.15) is 10.4 Å². The van der Waals surface area contributed by atoms with Crippen molar-refractivity contribution in [1.29, 1.82) is 0 Å². The number of phenols is 1. The Morgan fingerprint density at radius 3 is 2.31 bits per heavy atom. The van der Waals surface area contributed by atoms with Gasteiger partial charge in [-0.1, -0.05) is 18.2 Å². The van der Waals surface area contributed by atoms with Gasteiger partial charge in [0, 0.05) is 16.5 Å². The summed E-state index contributed by atoms with van der Waals surface area (Å²) in [6.45, 7) is 0. The van der Waals surface area contributed by atoms with Crippen molar-refractivity contribution < 1.29 is 19.4 Å². The lowest BCUT2D eigenvalue weighted by atomic mass is 9.91. The minimum absolute atomic E-state index is 0.0853. The third-order valence-electron chi connectivity index (χ3n) is 4.45. The first-order valence-electron chi connectivity index (χ1n) is 8.00. The highest BCUT2D eigenvalue weighted by Gasteiger charge is 2.27. The van der Waals surface area contributed by atoms with Gasteiger partial charge in [-0.2, -0.15) is 0 Å². The molecular formula is C20H8I4O5. The Hall–Kier alpha value is -0.680. The molecule has 146 valence electrons. The molecule has 1 aliphatic carbocycles. The van der Waals surface area contributed by atoms with E-state index in [1.165, 1.54) is 0 Å². The van der Waals surface area contributed by atoms with Gasteiger partial charge in [-0.25, -0.2) is 4.79 Å². The fraction of sp³-hybridized carbons (Fsp3) is 0. The monoisotopic (exact) mass is 836 g/mol. The lowest BCUT2D eigenvalue weighted by Gasteiger charge is -2.19. The summed E-state index contributed by atoms with van der Waals surface area (Å²) in [5, 5.41) is 20.8. The van der Waals surface area contributed by atoms with E-state index in [4.69, 9.17) is 4.42 Å². The molecule has 5 nitrogen and oxygen atoms in total. The molecule has 2 aromatic carbocycles. The van der Waals surface area contributed by atoms with Crippen LogP contribution in [-0.4, -0.2) is 16.2 Å². The van der Waals surface area contributed by atoms with Crippen LogP contribution in [0.25, 0.3) is 33.4 Å². The van der Waals surface area contributed by atoms with E-state index >= 15 is 0 Å². The van der Waals surface area contributed by atoms with Crippen molar-refractivity contribution >= 4 is 107 Å². The molecule has 2 aliphatic rings. The molecule has 0 radical (unpaired) electrons. The van der Waals surface area contributed by atoms with Gasteiger partial charge in [0.15, 0.2) is 11.3 Å². The molecule has 29 heavy (non-hydrogen) atoms. The number of fused-ring (bicyclic) bond motifs is 2. The summed E-state index contributed by atoms with van der Waals surface area (Å²) in [6.07, 6.45) is 0. The maximum atomic E-state index is 12.5. The Balaban J connectivity index is 2.34. The van der Waals surface area contributed by atoms with E-state index in [2.05, 4.69) is 0 Å². The molecule has 0 saturated heterocycles. The number of rotatable bonds is 2. The van der Waals surface area contributed by atoms with Gasteiger partial charge in [0.2, 0.25) is 5.43 Å². The van der Waals surface area contributed by atoms with Gasteiger partial charge in [-0.3, -0.25) is 4.79 Å². The Bertz CT molecular complexity index is 1360. The lowest BCUT2D eigenvalue weighted by molar-refractivity contribution is 0.0697. The Kier molecular flexibility index (Phi) is 6.02. The van der Waals surface area contributed by atoms with Crippen LogP contribution in [0.2, 0.25) is 0 Å². The highest BCUT2D eigenvalue weighted by molar-refractivity contribution is 14.1. The largest absolute Gasteiger partial charge is 0.506 e. The molecule has 4 rings (SSSR count). The van der Waals surface area contributed by atoms with E-state index < -0.39 is 5.97 Å². The van der Waals surface area contributed by atoms with Crippen molar-refractivity contribution in [2.45, 2.75) is 0 Å². The summed E-state index contributed by atoms with van der Waals surface area (Å²) in [7, 11) is 0. The molecule has 1 aliphatic heterocycles. The second-order valence-electron chi connectivity index (χ2n) is 6.10. The van der Waals surface area contributed by atoms with Crippen LogP contribution in [0.3, 0.4) is 0 Å². The van der Waals surface area contributed by atoms with Gasteiger partial charge in [0.1, 0.15) is 9.32 Å². The zero-order valence-corrected chi connectivity index (χ0v) is 22.7. The second-order valence-corrected chi connectivity index (χ2v) is 10.6. The third kappa shape index (κ3) is 3.54. The molecule has 2 N–H and O–H groups in total. The number of benzene rings is 3. The predicted octanol–water partition coefficient (Wildman–Crippen LogP) is 6.39. The van der Waals surface area contributed by atoms with E-state index in [-0.39, 0.29) is 16.7 Å². The summed E-state index contributed by atoms with van der Waals surface area (Å²) in [6, 6.07) is 10.2. The number of aromatic hydroxyl groups is 1. The Labute approximate surface area is 218 Å². The normalized spacial score (nSPS) is 11.3. The summed E-state index contributed by atoms with van der Waals surface area (Å²) in [5.74, 6) is -0.588. The number of hydrogen-bond donors (Lipinski definition) is 2. The van der Waals surface area contributed by atoms with Crippen LogP contribution in [0.5, 0.6) is 5.75 Å². The van der Waals surface area contributed by atoms with Gasteiger partial charge in [0.25, 0.3) is 0 Å². The van der Waals surface area contributed by atoms with Crippen molar-refractivity contribution in [2.75, 3.05) is 0 Å². The molecule has 0 fully saturated rings. The molecule has 0 bridgehead atoms. The average molecular weight is 836 g/mol. The number of carbonyl (C=O) groups is 1. The fourth-order valence-corrected chi connectivity index (χ4v) is 6.75.